The van der Waals surface area contributed by atoms with E-state index in [1.165, 1.54) is 0 Å². The lowest BCUT2D eigenvalue weighted by atomic mass is 9.80. The van der Waals surface area contributed by atoms with Crippen molar-refractivity contribution in [1.29, 1.82) is 0 Å². The van der Waals surface area contributed by atoms with Gasteiger partial charge in [-0.1, -0.05) is 32.4 Å². The molecule has 0 aliphatic carbocycles. The Morgan fingerprint density at radius 1 is 1.08 bits per heavy atom. The molecule has 1 aromatic rings. The second-order valence-electron chi connectivity index (χ2n) is 8.01. The number of halogens is 1. The summed E-state index contributed by atoms with van der Waals surface area (Å²) >= 11 is 5.90. The molecule has 0 atom stereocenters. The number of hydrogen-bond acceptors (Lipinski definition) is 2. The van der Waals surface area contributed by atoms with Gasteiger partial charge in [-0.05, 0) is 56.4 Å². The maximum Gasteiger partial charge on any atom is 0.303 e. The van der Waals surface area contributed by atoms with Gasteiger partial charge in [0.25, 0.3) is 5.91 Å². The van der Waals surface area contributed by atoms with E-state index in [2.05, 4.69) is 20.8 Å². The van der Waals surface area contributed by atoms with Gasteiger partial charge in [-0.15, -0.1) is 0 Å². The molecule has 0 fully saturated rings. The number of benzene rings is 1. The number of carboxylic acids is 1. The van der Waals surface area contributed by atoms with Crippen molar-refractivity contribution in [3.63, 3.8) is 0 Å². The maximum atomic E-state index is 13.0. The Balaban J connectivity index is 3.05. The van der Waals surface area contributed by atoms with E-state index in [9.17, 15) is 9.59 Å². The van der Waals surface area contributed by atoms with Gasteiger partial charge in [0.05, 0.1) is 0 Å². The highest BCUT2D eigenvalue weighted by molar-refractivity contribution is 6.30. The first-order chi connectivity index (χ1) is 10.9. The van der Waals surface area contributed by atoms with Crippen molar-refractivity contribution in [3.8, 4) is 0 Å². The lowest BCUT2D eigenvalue weighted by Gasteiger charge is -2.42. The summed E-state index contributed by atoms with van der Waals surface area (Å²) in [5, 5.41) is 9.47. The van der Waals surface area contributed by atoms with E-state index in [-0.39, 0.29) is 23.3 Å². The first-order valence-corrected chi connectivity index (χ1v) is 8.59. The molecule has 0 saturated carbocycles. The summed E-state index contributed by atoms with van der Waals surface area (Å²) in [5.74, 6) is -0.936. The van der Waals surface area contributed by atoms with Gasteiger partial charge in [0, 0.05) is 29.1 Å². The number of rotatable bonds is 7. The third kappa shape index (κ3) is 6.52. The third-order valence-electron chi connectivity index (χ3n) is 3.80. The number of carbonyl (C=O) groups excluding carboxylic acids is 1. The molecular weight excluding hydrogens is 326 g/mol. The van der Waals surface area contributed by atoms with Gasteiger partial charge >= 0.3 is 5.97 Å². The van der Waals surface area contributed by atoms with E-state index in [1.807, 2.05) is 13.8 Å². The van der Waals surface area contributed by atoms with Crippen LogP contribution in [0.2, 0.25) is 5.02 Å². The SMILES string of the molecule is CC(C)(C)CC(C)(C)N(CCCC(=O)O)C(=O)c1ccc(Cl)cc1. The molecule has 0 bridgehead atoms. The molecule has 0 aliphatic heterocycles. The predicted molar refractivity (Wildman–Crippen MR) is 97.5 cm³/mol. The lowest BCUT2D eigenvalue weighted by Crippen LogP contribution is -2.50. The zero-order valence-corrected chi connectivity index (χ0v) is 16.0. The van der Waals surface area contributed by atoms with E-state index in [0.29, 0.717) is 23.6 Å². The molecule has 0 spiro atoms. The van der Waals surface area contributed by atoms with Crippen molar-refractivity contribution in [3.05, 3.63) is 34.9 Å². The highest BCUT2D eigenvalue weighted by Crippen LogP contribution is 2.32. The Morgan fingerprint density at radius 3 is 2.08 bits per heavy atom. The Morgan fingerprint density at radius 2 is 1.62 bits per heavy atom. The first-order valence-electron chi connectivity index (χ1n) is 8.22. The highest BCUT2D eigenvalue weighted by atomic mass is 35.5. The summed E-state index contributed by atoms with van der Waals surface area (Å²) < 4.78 is 0. The zero-order valence-electron chi connectivity index (χ0n) is 15.2. The molecule has 0 aliphatic rings. The maximum absolute atomic E-state index is 13.0. The summed E-state index contributed by atoms with van der Waals surface area (Å²) in [6.45, 7) is 10.9. The summed E-state index contributed by atoms with van der Waals surface area (Å²) in [6.07, 6.45) is 1.30. The van der Waals surface area contributed by atoms with Crippen LogP contribution >= 0.6 is 11.6 Å². The van der Waals surface area contributed by atoms with Gasteiger partial charge in [0.15, 0.2) is 0 Å². The van der Waals surface area contributed by atoms with Crippen molar-refractivity contribution in [2.45, 2.75) is 59.4 Å². The van der Waals surface area contributed by atoms with Crippen LogP contribution in [-0.4, -0.2) is 34.0 Å². The number of carbonyl (C=O) groups is 2. The summed E-state index contributed by atoms with van der Waals surface area (Å²) in [6, 6.07) is 6.81. The lowest BCUT2D eigenvalue weighted by molar-refractivity contribution is -0.137. The van der Waals surface area contributed by atoms with Crippen LogP contribution < -0.4 is 0 Å². The minimum Gasteiger partial charge on any atom is -0.481 e. The van der Waals surface area contributed by atoms with Crippen LogP contribution in [0.3, 0.4) is 0 Å². The first kappa shape index (κ1) is 20.5. The monoisotopic (exact) mass is 353 g/mol. The van der Waals surface area contributed by atoms with E-state index in [4.69, 9.17) is 16.7 Å². The summed E-state index contributed by atoms with van der Waals surface area (Å²) in [7, 11) is 0. The van der Waals surface area contributed by atoms with Gasteiger partial charge in [-0.2, -0.15) is 0 Å². The smallest absolute Gasteiger partial charge is 0.303 e. The molecule has 0 saturated heterocycles. The topological polar surface area (TPSA) is 57.6 Å². The van der Waals surface area contributed by atoms with Crippen molar-refractivity contribution in [2.75, 3.05) is 6.54 Å². The zero-order chi connectivity index (χ0) is 18.5. The molecule has 134 valence electrons. The standard InChI is InChI=1S/C19H28ClNO3/c1-18(2,3)13-19(4,5)21(12-6-7-16(22)23)17(24)14-8-10-15(20)11-9-14/h8-11H,6-7,12-13H2,1-5H3,(H,22,23). The van der Waals surface area contributed by atoms with E-state index >= 15 is 0 Å². The molecule has 1 aromatic carbocycles. The number of hydrogen-bond donors (Lipinski definition) is 1. The Hall–Kier alpha value is -1.55. The van der Waals surface area contributed by atoms with E-state index in [0.717, 1.165) is 6.42 Å². The predicted octanol–water partition coefficient (Wildman–Crippen LogP) is 4.86. The number of carboxylic acid groups (broad SMARTS) is 1. The Labute approximate surface area is 149 Å². The van der Waals surface area contributed by atoms with Crippen LogP contribution in [-0.2, 0) is 4.79 Å². The molecule has 24 heavy (non-hydrogen) atoms. The van der Waals surface area contributed by atoms with Crippen molar-refractivity contribution >= 4 is 23.5 Å². The Bertz CT molecular complexity index is 573. The molecule has 0 unspecified atom stereocenters. The average Bonchev–Trinajstić information content (AvgIpc) is 2.40. The fraction of sp³-hybridized carbons (Fsp3) is 0.579. The van der Waals surface area contributed by atoms with Crippen LogP contribution in [0.25, 0.3) is 0 Å². The van der Waals surface area contributed by atoms with Gasteiger partial charge in [0.1, 0.15) is 0 Å². The molecule has 4 nitrogen and oxygen atoms in total. The normalized spacial score (nSPS) is 12.1. The van der Waals surface area contributed by atoms with E-state index in [1.54, 1.807) is 29.2 Å². The van der Waals surface area contributed by atoms with Gasteiger partial charge in [-0.25, -0.2) is 0 Å². The van der Waals surface area contributed by atoms with Crippen LogP contribution in [0.5, 0.6) is 0 Å². The average molecular weight is 354 g/mol. The molecule has 1 N–H and O–H groups in total. The van der Waals surface area contributed by atoms with Crippen molar-refractivity contribution in [2.24, 2.45) is 5.41 Å². The number of amides is 1. The third-order valence-corrected chi connectivity index (χ3v) is 4.05. The van der Waals surface area contributed by atoms with Crippen LogP contribution in [0, 0.1) is 5.41 Å². The number of aliphatic carboxylic acids is 1. The van der Waals surface area contributed by atoms with E-state index < -0.39 is 5.97 Å². The largest absolute Gasteiger partial charge is 0.481 e. The second-order valence-corrected chi connectivity index (χ2v) is 8.45. The molecule has 5 heteroatoms. The fourth-order valence-electron chi connectivity index (χ4n) is 3.21. The molecular formula is C19H28ClNO3. The molecule has 1 amide bonds. The van der Waals surface area contributed by atoms with Crippen LogP contribution in [0.1, 0.15) is 64.2 Å². The second kappa shape index (κ2) is 8.02. The van der Waals surface area contributed by atoms with Gasteiger partial charge < -0.3 is 10.0 Å². The minimum atomic E-state index is -0.845. The Kier molecular flexibility index (Phi) is 6.85. The molecule has 0 radical (unpaired) electrons. The van der Waals surface area contributed by atoms with Gasteiger partial charge in [-0.3, -0.25) is 9.59 Å². The van der Waals surface area contributed by atoms with Crippen molar-refractivity contribution < 1.29 is 14.7 Å². The highest BCUT2D eigenvalue weighted by Gasteiger charge is 2.34. The van der Waals surface area contributed by atoms with Gasteiger partial charge in [0.2, 0.25) is 0 Å². The van der Waals surface area contributed by atoms with Crippen LogP contribution in [0.15, 0.2) is 24.3 Å². The van der Waals surface area contributed by atoms with Crippen LogP contribution in [0.4, 0.5) is 0 Å². The molecule has 1 rings (SSSR count). The fourth-order valence-corrected chi connectivity index (χ4v) is 3.34. The minimum absolute atomic E-state index is 0.0504. The summed E-state index contributed by atoms with van der Waals surface area (Å²) in [4.78, 5) is 25.6. The quantitative estimate of drug-likeness (QED) is 0.761. The molecule has 0 heterocycles. The summed E-state index contributed by atoms with van der Waals surface area (Å²) in [5.41, 5.74) is 0.235. The van der Waals surface area contributed by atoms with Crippen molar-refractivity contribution in [1.82, 2.24) is 4.90 Å². The number of nitrogens with zero attached hydrogens (tertiary/aromatic N) is 1. The molecule has 0 aromatic heterocycles.